The van der Waals surface area contributed by atoms with Crippen LogP contribution in [0.15, 0.2) is 24.3 Å². The van der Waals surface area contributed by atoms with Crippen LogP contribution in [0.4, 0.5) is 5.69 Å². The van der Waals surface area contributed by atoms with E-state index in [2.05, 4.69) is 32.8 Å². The Labute approximate surface area is 115 Å². The lowest BCUT2D eigenvalue weighted by Crippen LogP contribution is -2.33. The minimum atomic E-state index is 0.0288. The number of likely N-dealkylation sites (tertiary alicyclic amines) is 1. The third-order valence-corrected chi connectivity index (χ3v) is 3.46. The Morgan fingerprint density at radius 3 is 3.06 bits per heavy atom. The molecule has 1 atom stereocenters. The van der Waals surface area contributed by atoms with Crippen LogP contribution >= 0.6 is 22.6 Å². The van der Waals surface area contributed by atoms with Crippen LogP contribution in [-0.2, 0) is 4.79 Å². The number of nitrogens with two attached hydrogens (primary N) is 1. The number of nitrogens with one attached hydrogen (secondary N) is 1. The molecule has 3 N–H and O–H groups in total. The molecule has 4 nitrogen and oxygen atoms in total. The van der Waals surface area contributed by atoms with Gasteiger partial charge in [0.1, 0.15) is 0 Å². The molecule has 1 aliphatic rings. The predicted molar refractivity (Wildman–Crippen MR) is 76.8 cm³/mol. The number of benzene rings is 1. The van der Waals surface area contributed by atoms with Crippen LogP contribution in [0.3, 0.4) is 0 Å². The van der Waals surface area contributed by atoms with E-state index in [1.54, 1.807) is 0 Å². The second-order valence-corrected chi connectivity index (χ2v) is 5.59. The SMILES string of the molecule is N[C@@H]1CCN(CC(=O)Nc2cccc(I)c2)C1. The van der Waals surface area contributed by atoms with Gasteiger partial charge >= 0.3 is 0 Å². The molecule has 1 aliphatic heterocycles. The first-order chi connectivity index (χ1) is 8.13. The summed E-state index contributed by atoms with van der Waals surface area (Å²) >= 11 is 2.23. The van der Waals surface area contributed by atoms with Crippen molar-refractivity contribution >= 4 is 34.2 Å². The normalized spacial score (nSPS) is 20.5. The van der Waals surface area contributed by atoms with Gasteiger partial charge in [-0.05, 0) is 47.2 Å². The minimum Gasteiger partial charge on any atom is -0.326 e. The fraction of sp³-hybridized carbons (Fsp3) is 0.417. The highest BCUT2D eigenvalue weighted by atomic mass is 127. The first-order valence-electron chi connectivity index (χ1n) is 5.67. The van der Waals surface area contributed by atoms with Crippen molar-refractivity contribution in [2.24, 2.45) is 5.73 Å². The van der Waals surface area contributed by atoms with Gasteiger partial charge < -0.3 is 11.1 Å². The van der Waals surface area contributed by atoms with E-state index in [9.17, 15) is 4.79 Å². The third kappa shape index (κ3) is 3.93. The molecule has 1 aromatic rings. The maximum Gasteiger partial charge on any atom is 0.238 e. The molecule has 0 aromatic heterocycles. The summed E-state index contributed by atoms with van der Waals surface area (Å²) in [4.78, 5) is 13.9. The number of anilines is 1. The Bertz CT molecular complexity index is 410. The van der Waals surface area contributed by atoms with Gasteiger partial charge in [0.25, 0.3) is 0 Å². The summed E-state index contributed by atoms with van der Waals surface area (Å²) in [5.74, 6) is 0.0288. The van der Waals surface area contributed by atoms with Gasteiger partial charge in [0.05, 0.1) is 6.54 Å². The Morgan fingerprint density at radius 1 is 1.59 bits per heavy atom. The highest BCUT2D eigenvalue weighted by molar-refractivity contribution is 14.1. The summed E-state index contributed by atoms with van der Waals surface area (Å²) in [5.41, 5.74) is 6.65. The van der Waals surface area contributed by atoms with Crippen LogP contribution in [0.1, 0.15) is 6.42 Å². The van der Waals surface area contributed by atoms with E-state index >= 15 is 0 Å². The number of halogens is 1. The minimum absolute atomic E-state index is 0.0288. The van der Waals surface area contributed by atoms with E-state index < -0.39 is 0 Å². The second kappa shape index (κ2) is 5.79. The molecule has 0 bridgehead atoms. The van der Waals surface area contributed by atoms with E-state index in [0.29, 0.717) is 6.54 Å². The molecule has 1 fully saturated rings. The number of hydrogen-bond donors (Lipinski definition) is 2. The topological polar surface area (TPSA) is 58.4 Å². The number of nitrogens with zero attached hydrogens (tertiary/aromatic N) is 1. The van der Waals surface area contributed by atoms with Crippen molar-refractivity contribution in [2.45, 2.75) is 12.5 Å². The largest absolute Gasteiger partial charge is 0.326 e. The average Bonchev–Trinajstić information content (AvgIpc) is 2.63. The summed E-state index contributed by atoms with van der Waals surface area (Å²) < 4.78 is 1.11. The smallest absolute Gasteiger partial charge is 0.238 e. The molecule has 1 aromatic carbocycles. The van der Waals surface area contributed by atoms with Crippen LogP contribution in [0.5, 0.6) is 0 Å². The molecule has 0 aliphatic carbocycles. The van der Waals surface area contributed by atoms with Crippen molar-refractivity contribution in [3.8, 4) is 0 Å². The first kappa shape index (κ1) is 12.8. The molecule has 0 spiro atoms. The molecule has 1 saturated heterocycles. The number of rotatable bonds is 3. The first-order valence-corrected chi connectivity index (χ1v) is 6.75. The summed E-state index contributed by atoms with van der Waals surface area (Å²) in [7, 11) is 0. The summed E-state index contributed by atoms with van der Waals surface area (Å²) in [6, 6.07) is 8.00. The van der Waals surface area contributed by atoms with Crippen molar-refractivity contribution in [3.05, 3.63) is 27.8 Å². The van der Waals surface area contributed by atoms with Gasteiger partial charge in [-0.15, -0.1) is 0 Å². The van der Waals surface area contributed by atoms with E-state index in [4.69, 9.17) is 5.73 Å². The summed E-state index contributed by atoms with van der Waals surface area (Å²) in [6.07, 6.45) is 0.983. The monoisotopic (exact) mass is 345 g/mol. The molecule has 0 unspecified atom stereocenters. The van der Waals surface area contributed by atoms with Crippen molar-refractivity contribution in [1.29, 1.82) is 0 Å². The molecule has 1 amide bonds. The van der Waals surface area contributed by atoms with Gasteiger partial charge in [0.15, 0.2) is 0 Å². The number of hydrogen-bond acceptors (Lipinski definition) is 3. The number of carbonyl (C=O) groups is 1. The zero-order chi connectivity index (χ0) is 12.3. The maximum absolute atomic E-state index is 11.8. The van der Waals surface area contributed by atoms with E-state index in [-0.39, 0.29) is 11.9 Å². The van der Waals surface area contributed by atoms with Gasteiger partial charge in [0.2, 0.25) is 5.91 Å². The standard InChI is InChI=1S/C12H16IN3O/c13-9-2-1-3-11(6-9)15-12(17)8-16-5-4-10(14)7-16/h1-3,6,10H,4-5,7-8,14H2,(H,15,17)/t10-/m1/s1. The highest BCUT2D eigenvalue weighted by Gasteiger charge is 2.20. The Morgan fingerprint density at radius 2 is 2.41 bits per heavy atom. The molecule has 2 rings (SSSR count). The van der Waals surface area contributed by atoms with Crippen molar-refractivity contribution in [1.82, 2.24) is 4.90 Å². The van der Waals surface area contributed by atoms with E-state index in [1.165, 1.54) is 0 Å². The molecule has 92 valence electrons. The van der Waals surface area contributed by atoms with Crippen LogP contribution < -0.4 is 11.1 Å². The van der Waals surface area contributed by atoms with Crippen molar-refractivity contribution in [2.75, 3.05) is 25.0 Å². The Balaban J connectivity index is 1.85. The van der Waals surface area contributed by atoms with Crippen molar-refractivity contribution < 1.29 is 4.79 Å². The number of carbonyl (C=O) groups excluding carboxylic acids is 1. The zero-order valence-electron chi connectivity index (χ0n) is 9.53. The highest BCUT2D eigenvalue weighted by Crippen LogP contribution is 2.13. The Hall–Kier alpha value is -0.660. The van der Waals surface area contributed by atoms with E-state index in [1.807, 2.05) is 24.3 Å². The molecule has 17 heavy (non-hydrogen) atoms. The van der Waals surface area contributed by atoms with Crippen LogP contribution in [0.25, 0.3) is 0 Å². The maximum atomic E-state index is 11.8. The van der Waals surface area contributed by atoms with Crippen molar-refractivity contribution in [3.63, 3.8) is 0 Å². The fourth-order valence-electron chi connectivity index (χ4n) is 1.98. The fourth-order valence-corrected chi connectivity index (χ4v) is 2.52. The third-order valence-electron chi connectivity index (χ3n) is 2.78. The lowest BCUT2D eigenvalue weighted by molar-refractivity contribution is -0.117. The van der Waals surface area contributed by atoms with Crippen LogP contribution in [0, 0.1) is 3.57 Å². The van der Waals surface area contributed by atoms with Gasteiger partial charge in [-0.1, -0.05) is 6.07 Å². The van der Waals surface area contributed by atoms with E-state index in [0.717, 1.165) is 28.8 Å². The molecular weight excluding hydrogens is 329 g/mol. The predicted octanol–water partition coefficient (Wildman–Crippen LogP) is 1.26. The molecule has 0 radical (unpaired) electrons. The summed E-state index contributed by atoms with van der Waals surface area (Å²) in [5, 5.41) is 2.90. The zero-order valence-corrected chi connectivity index (χ0v) is 11.7. The van der Waals surface area contributed by atoms with Crippen LogP contribution in [0.2, 0.25) is 0 Å². The molecule has 1 heterocycles. The van der Waals surface area contributed by atoms with Gasteiger partial charge in [-0.2, -0.15) is 0 Å². The quantitative estimate of drug-likeness (QED) is 0.811. The molecule has 0 saturated carbocycles. The Kier molecular flexibility index (Phi) is 4.36. The average molecular weight is 345 g/mol. The van der Waals surface area contributed by atoms with Gasteiger partial charge in [0, 0.05) is 28.4 Å². The molecular formula is C12H16IN3O. The lowest BCUT2D eigenvalue weighted by Gasteiger charge is -2.14. The number of amides is 1. The lowest BCUT2D eigenvalue weighted by atomic mass is 10.3. The van der Waals surface area contributed by atoms with Crippen LogP contribution in [-0.4, -0.2) is 36.5 Å². The second-order valence-electron chi connectivity index (χ2n) is 4.34. The van der Waals surface area contributed by atoms with Gasteiger partial charge in [-0.3, -0.25) is 9.69 Å². The summed E-state index contributed by atoms with van der Waals surface area (Å²) in [6.45, 7) is 2.17. The van der Waals surface area contributed by atoms with Gasteiger partial charge in [-0.25, -0.2) is 0 Å². The molecule has 5 heteroatoms.